The van der Waals surface area contributed by atoms with Gasteiger partial charge in [0.05, 0.1) is 11.7 Å². The molecular formula is C13H23ClN4O. The van der Waals surface area contributed by atoms with Crippen molar-refractivity contribution in [2.45, 2.75) is 51.1 Å². The molecule has 1 aromatic heterocycles. The topological polar surface area (TPSA) is 72.9 Å². The molecule has 1 heterocycles. The maximum atomic E-state index is 12.1. The van der Waals surface area contributed by atoms with Gasteiger partial charge in [-0.25, -0.2) is 0 Å². The highest BCUT2D eigenvalue weighted by molar-refractivity contribution is 5.86. The summed E-state index contributed by atoms with van der Waals surface area (Å²) in [6.07, 6.45) is 6.68. The molecule has 1 saturated carbocycles. The monoisotopic (exact) mass is 286 g/mol. The van der Waals surface area contributed by atoms with Gasteiger partial charge < -0.3 is 11.1 Å². The van der Waals surface area contributed by atoms with E-state index in [2.05, 4.69) is 10.4 Å². The summed E-state index contributed by atoms with van der Waals surface area (Å²) < 4.78 is 1.81. The number of amides is 1. The number of nitrogens with one attached hydrogen (secondary N) is 1. The van der Waals surface area contributed by atoms with Crippen molar-refractivity contribution < 1.29 is 4.79 Å². The quantitative estimate of drug-likeness (QED) is 0.883. The Labute approximate surface area is 120 Å². The third kappa shape index (κ3) is 3.48. The van der Waals surface area contributed by atoms with Crippen molar-refractivity contribution >= 4 is 18.3 Å². The van der Waals surface area contributed by atoms with E-state index < -0.39 is 5.54 Å². The molecule has 1 fully saturated rings. The molecule has 0 saturated heterocycles. The van der Waals surface area contributed by atoms with Crippen molar-refractivity contribution in [3.05, 3.63) is 17.5 Å². The lowest BCUT2D eigenvalue weighted by Crippen LogP contribution is -2.54. The summed E-state index contributed by atoms with van der Waals surface area (Å²) in [5.74, 6) is -0.0227. The fourth-order valence-electron chi connectivity index (χ4n) is 2.48. The van der Waals surface area contributed by atoms with Crippen molar-refractivity contribution in [1.82, 2.24) is 15.1 Å². The number of aromatic nitrogens is 2. The molecule has 3 N–H and O–H groups in total. The molecule has 1 aromatic rings. The highest BCUT2D eigenvalue weighted by Gasteiger charge is 2.34. The van der Waals surface area contributed by atoms with E-state index in [0.717, 1.165) is 36.9 Å². The molecule has 108 valence electrons. The predicted molar refractivity (Wildman–Crippen MR) is 77.0 cm³/mol. The molecule has 1 aliphatic carbocycles. The van der Waals surface area contributed by atoms with Crippen molar-refractivity contribution in [3.8, 4) is 0 Å². The lowest BCUT2D eigenvalue weighted by atomic mass is 9.82. The zero-order chi connectivity index (χ0) is 13.2. The summed E-state index contributed by atoms with van der Waals surface area (Å²) in [6.45, 7) is 2.50. The van der Waals surface area contributed by atoms with Gasteiger partial charge in [-0.15, -0.1) is 12.4 Å². The number of nitrogens with zero attached hydrogens (tertiary/aromatic N) is 2. The molecule has 1 aliphatic rings. The minimum absolute atomic E-state index is 0. The van der Waals surface area contributed by atoms with Gasteiger partial charge in [-0.2, -0.15) is 5.10 Å². The van der Waals surface area contributed by atoms with Crippen LogP contribution in [-0.4, -0.2) is 21.2 Å². The van der Waals surface area contributed by atoms with Crippen molar-refractivity contribution in [3.63, 3.8) is 0 Å². The number of carbonyl (C=O) groups excluding carboxylic acids is 1. The number of hydrogen-bond acceptors (Lipinski definition) is 3. The normalized spacial score (nSPS) is 17.6. The summed E-state index contributed by atoms with van der Waals surface area (Å²) in [7, 11) is 1.90. The van der Waals surface area contributed by atoms with Crippen molar-refractivity contribution in [1.29, 1.82) is 0 Å². The third-order valence-corrected chi connectivity index (χ3v) is 3.97. The van der Waals surface area contributed by atoms with Crippen molar-refractivity contribution in [2.24, 2.45) is 12.8 Å². The van der Waals surface area contributed by atoms with Gasteiger partial charge in [0.25, 0.3) is 0 Å². The summed E-state index contributed by atoms with van der Waals surface area (Å²) in [5, 5.41) is 7.10. The summed E-state index contributed by atoms with van der Waals surface area (Å²) in [4.78, 5) is 12.1. The number of nitrogens with two attached hydrogens (primary N) is 1. The van der Waals surface area contributed by atoms with Gasteiger partial charge in [0.2, 0.25) is 5.91 Å². The van der Waals surface area contributed by atoms with E-state index in [-0.39, 0.29) is 18.3 Å². The second kappa shape index (κ2) is 6.39. The van der Waals surface area contributed by atoms with Crippen LogP contribution in [0.3, 0.4) is 0 Å². The SMILES string of the molecule is Cc1c(CNC(=O)C2(N)CCCCC2)cnn1C.Cl. The molecule has 0 unspecified atom stereocenters. The van der Waals surface area contributed by atoms with Gasteiger partial charge in [-0.3, -0.25) is 9.48 Å². The molecule has 1 amide bonds. The fourth-order valence-corrected chi connectivity index (χ4v) is 2.48. The Hall–Kier alpha value is -1.07. The average Bonchev–Trinajstić information content (AvgIpc) is 2.68. The predicted octanol–water partition coefficient (Wildman–Crippen LogP) is 1.43. The van der Waals surface area contributed by atoms with Gasteiger partial charge >= 0.3 is 0 Å². The molecule has 19 heavy (non-hydrogen) atoms. The van der Waals surface area contributed by atoms with Crippen LogP contribution in [0.5, 0.6) is 0 Å². The molecular weight excluding hydrogens is 264 g/mol. The molecule has 0 aliphatic heterocycles. The molecule has 6 heteroatoms. The van der Waals surface area contributed by atoms with Crippen LogP contribution in [-0.2, 0) is 18.4 Å². The highest BCUT2D eigenvalue weighted by Crippen LogP contribution is 2.26. The summed E-state index contributed by atoms with van der Waals surface area (Å²) >= 11 is 0. The Bertz CT molecular complexity index is 438. The molecule has 0 spiro atoms. The van der Waals surface area contributed by atoms with E-state index in [0.29, 0.717) is 6.54 Å². The van der Waals surface area contributed by atoms with E-state index in [9.17, 15) is 4.79 Å². The van der Waals surface area contributed by atoms with Gasteiger partial charge in [0.15, 0.2) is 0 Å². The Morgan fingerprint density at radius 2 is 2.11 bits per heavy atom. The summed E-state index contributed by atoms with van der Waals surface area (Å²) in [6, 6.07) is 0. The van der Waals surface area contributed by atoms with Crippen LogP contribution in [0.25, 0.3) is 0 Å². The second-order valence-electron chi connectivity index (χ2n) is 5.28. The Balaban J connectivity index is 0.00000180. The lowest BCUT2D eigenvalue weighted by molar-refractivity contribution is -0.127. The number of rotatable bonds is 3. The lowest BCUT2D eigenvalue weighted by Gasteiger charge is -2.31. The maximum absolute atomic E-state index is 12.1. The first-order valence-electron chi connectivity index (χ1n) is 6.57. The third-order valence-electron chi connectivity index (χ3n) is 3.97. The van der Waals surface area contributed by atoms with E-state index in [1.807, 2.05) is 14.0 Å². The zero-order valence-corrected chi connectivity index (χ0v) is 12.4. The second-order valence-corrected chi connectivity index (χ2v) is 5.28. The van der Waals surface area contributed by atoms with Crippen LogP contribution < -0.4 is 11.1 Å². The standard InChI is InChI=1S/C13H22N4O.ClH/c1-10-11(9-16-17(10)2)8-15-12(18)13(14)6-4-3-5-7-13;/h9H,3-8,14H2,1-2H3,(H,15,18);1H. The number of halogens is 1. The van der Waals surface area contributed by atoms with Crippen LogP contribution in [0.2, 0.25) is 0 Å². The average molecular weight is 287 g/mol. The zero-order valence-electron chi connectivity index (χ0n) is 11.6. The van der Waals surface area contributed by atoms with Crippen LogP contribution in [0.4, 0.5) is 0 Å². The summed E-state index contributed by atoms with van der Waals surface area (Å²) in [5.41, 5.74) is 7.64. The minimum atomic E-state index is -0.658. The van der Waals surface area contributed by atoms with Crippen LogP contribution in [0.1, 0.15) is 43.4 Å². The fraction of sp³-hybridized carbons (Fsp3) is 0.692. The smallest absolute Gasteiger partial charge is 0.240 e. The molecule has 0 bridgehead atoms. The van der Waals surface area contributed by atoms with Crippen LogP contribution >= 0.6 is 12.4 Å². The molecule has 5 nitrogen and oxygen atoms in total. The van der Waals surface area contributed by atoms with Crippen LogP contribution in [0.15, 0.2) is 6.20 Å². The molecule has 0 aromatic carbocycles. The van der Waals surface area contributed by atoms with E-state index >= 15 is 0 Å². The first-order chi connectivity index (χ1) is 8.53. The van der Waals surface area contributed by atoms with E-state index in [4.69, 9.17) is 5.73 Å². The largest absolute Gasteiger partial charge is 0.350 e. The number of aryl methyl sites for hydroxylation is 1. The van der Waals surface area contributed by atoms with Crippen LogP contribution in [0, 0.1) is 6.92 Å². The Morgan fingerprint density at radius 1 is 1.47 bits per heavy atom. The Kier molecular flexibility index (Phi) is 5.38. The van der Waals surface area contributed by atoms with Gasteiger partial charge in [0.1, 0.15) is 0 Å². The molecule has 2 rings (SSSR count). The van der Waals surface area contributed by atoms with Gasteiger partial charge in [-0.05, 0) is 19.8 Å². The van der Waals surface area contributed by atoms with E-state index in [1.54, 1.807) is 10.9 Å². The Morgan fingerprint density at radius 3 is 2.63 bits per heavy atom. The van der Waals surface area contributed by atoms with Gasteiger partial charge in [0, 0.05) is 24.8 Å². The first-order valence-corrected chi connectivity index (χ1v) is 6.57. The minimum Gasteiger partial charge on any atom is -0.350 e. The van der Waals surface area contributed by atoms with Crippen molar-refractivity contribution in [2.75, 3.05) is 0 Å². The van der Waals surface area contributed by atoms with Gasteiger partial charge in [-0.1, -0.05) is 19.3 Å². The number of carbonyl (C=O) groups is 1. The van der Waals surface area contributed by atoms with E-state index in [1.165, 1.54) is 6.42 Å². The first kappa shape index (κ1) is 16.0. The maximum Gasteiger partial charge on any atom is 0.240 e. The number of hydrogen-bond donors (Lipinski definition) is 2. The molecule has 0 atom stereocenters. The highest BCUT2D eigenvalue weighted by atomic mass is 35.5. The molecule has 0 radical (unpaired) electrons.